The van der Waals surface area contributed by atoms with Crippen LogP contribution in [-0.2, 0) is 17.6 Å². The third kappa shape index (κ3) is 8.89. The minimum atomic E-state index is 0.0495. The summed E-state index contributed by atoms with van der Waals surface area (Å²) < 4.78 is 12.4. The molecule has 2 rings (SSSR count). The fraction of sp³-hybridized carbons (Fsp3) is 0.435. The third-order valence-electron chi connectivity index (χ3n) is 4.61. The second-order valence-corrected chi connectivity index (χ2v) is 8.83. The van der Waals surface area contributed by atoms with Gasteiger partial charge in [0.1, 0.15) is 17.3 Å². The number of halogens is 2. The van der Waals surface area contributed by atoms with Crippen molar-refractivity contribution in [1.82, 2.24) is 0 Å². The van der Waals surface area contributed by atoms with Gasteiger partial charge in [-0.05, 0) is 73.2 Å². The largest absolute Gasteiger partial charge is 0.497 e. The molecule has 4 nitrogen and oxygen atoms in total. The topological polar surface area (TPSA) is 55.8 Å². The Bertz CT molecular complexity index is 792. The number of ether oxygens (including phenoxy) is 2. The van der Waals surface area contributed by atoms with E-state index < -0.39 is 0 Å². The summed E-state index contributed by atoms with van der Waals surface area (Å²) in [5.74, 6) is 2.22. The highest BCUT2D eigenvalue weighted by Crippen LogP contribution is 2.25. The standard InChI is InChI=1S/C12H15BrO2.C11H15BrO2/c1-8(9(2)14)6-10-7-11(15-3)4-5-12(10)13;1-8(7-13)5-9-6-10(14-2)3-4-11(9)12/h4-5,7-8H,6H2,1-3H3;3-4,6,8,13H,5,7H2,1-2H3/t2*8-/m00/s1. The van der Waals surface area contributed by atoms with E-state index in [1.807, 2.05) is 50.2 Å². The minimum Gasteiger partial charge on any atom is -0.497 e. The Hall–Kier alpha value is -1.37. The number of hydrogen-bond donors (Lipinski definition) is 1. The molecular weight excluding hydrogens is 500 g/mol. The normalized spacial score (nSPS) is 12.4. The average molecular weight is 530 g/mol. The van der Waals surface area contributed by atoms with Crippen LogP contribution in [0.15, 0.2) is 45.3 Å². The summed E-state index contributed by atoms with van der Waals surface area (Å²) in [5, 5.41) is 8.97. The highest BCUT2D eigenvalue weighted by atomic mass is 79.9. The van der Waals surface area contributed by atoms with Gasteiger partial charge in [-0.15, -0.1) is 0 Å². The molecule has 2 atom stereocenters. The van der Waals surface area contributed by atoms with Crippen molar-refractivity contribution in [2.45, 2.75) is 33.6 Å². The first-order chi connectivity index (χ1) is 13.7. The smallest absolute Gasteiger partial charge is 0.132 e. The molecule has 1 N–H and O–H groups in total. The zero-order valence-electron chi connectivity index (χ0n) is 17.7. The molecule has 29 heavy (non-hydrogen) atoms. The Kier molecular flexibility index (Phi) is 11.5. The van der Waals surface area contributed by atoms with Crippen LogP contribution in [-0.4, -0.2) is 31.7 Å². The maximum absolute atomic E-state index is 11.2. The highest BCUT2D eigenvalue weighted by molar-refractivity contribution is 9.10. The first kappa shape index (κ1) is 25.7. The van der Waals surface area contributed by atoms with Crippen LogP contribution in [0.25, 0.3) is 0 Å². The Morgan fingerprint density at radius 3 is 1.76 bits per heavy atom. The van der Waals surface area contributed by atoms with Crippen molar-refractivity contribution in [2.75, 3.05) is 20.8 Å². The fourth-order valence-electron chi connectivity index (χ4n) is 2.58. The van der Waals surface area contributed by atoms with Gasteiger partial charge in [0.05, 0.1) is 14.2 Å². The van der Waals surface area contributed by atoms with Crippen LogP contribution in [0.3, 0.4) is 0 Å². The van der Waals surface area contributed by atoms with Gasteiger partial charge in [-0.1, -0.05) is 45.7 Å². The quantitative estimate of drug-likeness (QED) is 0.465. The number of hydrogen-bond acceptors (Lipinski definition) is 4. The molecule has 0 saturated heterocycles. The van der Waals surface area contributed by atoms with E-state index in [9.17, 15) is 4.79 Å². The summed E-state index contributed by atoms with van der Waals surface area (Å²) in [6.07, 6.45) is 1.60. The van der Waals surface area contributed by atoms with Crippen molar-refractivity contribution >= 4 is 37.6 Å². The van der Waals surface area contributed by atoms with Gasteiger partial charge in [0.15, 0.2) is 0 Å². The predicted molar refractivity (Wildman–Crippen MR) is 125 cm³/mol. The summed E-state index contributed by atoms with van der Waals surface area (Å²) in [5.41, 5.74) is 2.28. The minimum absolute atomic E-state index is 0.0495. The molecule has 0 fully saturated rings. The van der Waals surface area contributed by atoms with Gasteiger partial charge in [0, 0.05) is 21.5 Å². The lowest BCUT2D eigenvalue weighted by atomic mass is 9.98. The average Bonchev–Trinajstić information content (AvgIpc) is 2.71. The molecule has 0 aromatic heterocycles. The lowest BCUT2D eigenvalue weighted by molar-refractivity contribution is -0.120. The number of carbonyl (C=O) groups excluding carboxylic acids is 1. The Labute approximate surface area is 190 Å². The number of carbonyl (C=O) groups is 1. The van der Waals surface area contributed by atoms with Crippen LogP contribution in [0.5, 0.6) is 11.5 Å². The van der Waals surface area contributed by atoms with Gasteiger partial charge in [-0.2, -0.15) is 0 Å². The maximum Gasteiger partial charge on any atom is 0.132 e. The molecule has 0 saturated carbocycles. The van der Waals surface area contributed by atoms with Crippen molar-refractivity contribution in [2.24, 2.45) is 11.8 Å². The van der Waals surface area contributed by atoms with Crippen LogP contribution in [0.1, 0.15) is 31.9 Å². The van der Waals surface area contributed by atoms with Crippen molar-refractivity contribution < 1.29 is 19.4 Å². The van der Waals surface area contributed by atoms with E-state index in [4.69, 9.17) is 14.6 Å². The molecule has 0 aliphatic heterocycles. The van der Waals surface area contributed by atoms with E-state index in [1.54, 1.807) is 21.1 Å². The molecular formula is C23H30Br2O4. The van der Waals surface area contributed by atoms with Crippen molar-refractivity contribution in [3.8, 4) is 11.5 Å². The van der Waals surface area contributed by atoms with Crippen LogP contribution < -0.4 is 9.47 Å². The number of ketones is 1. The van der Waals surface area contributed by atoms with E-state index >= 15 is 0 Å². The Balaban J connectivity index is 0.000000291. The molecule has 0 aliphatic carbocycles. The van der Waals surface area contributed by atoms with Crippen LogP contribution in [0.4, 0.5) is 0 Å². The van der Waals surface area contributed by atoms with Gasteiger partial charge in [-0.25, -0.2) is 0 Å². The van der Waals surface area contributed by atoms with Gasteiger partial charge < -0.3 is 14.6 Å². The van der Waals surface area contributed by atoms with E-state index in [2.05, 4.69) is 31.9 Å². The predicted octanol–water partition coefficient (Wildman–Crippen LogP) is 5.85. The summed E-state index contributed by atoms with van der Waals surface area (Å²) in [6.45, 7) is 5.79. The van der Waals surface area contributed by atoms with E-state index in [-0.39, 0.29) is 24.2 Å². The molecule has 0 amide bonds. The number of aliphatic hydroxyl groups excluding tert-OH is 1. The molecule has 6 heteroatoms. The monoisotopic (exact) mass is 528 g/mol. The van der Waals surface area contributed by atoms with Crippen molar-refractivity contribution in [3.05, 3.63) is 56.5 Å². The van der Waals surface area contributed by atoms with Gasteiger partial charge in [-0.3, -0.25) is 4.79 Å². The second-order valence-electron chi connectivity index (χ2n) is 7.12. The van der Waals surface area contributed by atoms with Gasteiger partial charge in [0.2, 0.25) is 0 Å². The maximum atomic E-state index is 11.2. The van der Waals surface area contributed by atoms with Crippen LogP contribution in [0, 0.1) is 11.8 Å². The molecule has 2 aromatic carbocycles. The molecule has 160 valence electrons. The summed E-state index contributed by atoms with van der Waals surface area (Å²) in [6, 6.07) is 11.7. The van der Waals surface area contributed by atoms with E-state index in [0.717, 1.165) is 38.8 Å². The second kappa shape index (κ2) is 13.0. The summed E-state index contributed by atoms with van der Waals surface area (Å²) >= 11 is 6.95. The van der Waals surface area contributed by atoms with Crippen molar-refractivity contribution in [3.63, 3.8) is 0 Å². The van der Waals surface area contributed by atoms with Gasteiger partial charge in [0.25, 0.3) is 0 Å². The molecule has 0 aliphatic rings. The highest BCUT2D eigenvalue weighted by Gasteiger charge is 2.11. The molecule has 0 unspecified atom stereocenters. The first-order valence-corrected chi connectivity index (χ1v) is 11.1. The van der Waals surface area contributed by atoms with Crippen LogP contribution >= 0.6 is 31.9 Å². The van der Waals surface area contributed by atoms with E-state index in [1.165, 1.54) is 5.56 Å². The third-order valence-corrected chi connectivity index (χ3v) is 6.15. The van der Waals surface area contributed by atoms with Crippen molar-refractivity contribution in [1.29, 1.82) is 0 Å². The van der Waals surface area contributed by atoms with E-state index in [0.29, 0.717) is 0 Å². The summed E-state index contributed by atoms with van der Waals surface area (Å²) in [4.78, 5) is 11.2. The number of rotatable bonds is 8. The zero-order valence-corrected chi connectivity index (χ0v) is 20.8. The SMILES string of the molecule is COc1ccc(Br)c(C[C@H](C)C(C)=O)c1.COc1ccc(Br)c(C[C@H](C)CO)c1. The molecule has 2 aromatic rings. The zero-order chi connectivity index (χ0) is 22.0. The summed E-state index contributed by atoms with van der Waals surface area (Å²) in [7, 11) is 3.30. The Morgan fingerprint density at radius 2 is 1.38 bits per heavy atom. The fourth-order valence-corrected chi connectivity index (χ4v) is 3.40. The number of aliphatic hydroxyl groups is 1. The molecule has 0 bridgehead atoms. The number of benzene rings is 2. The van der Waals surface area contributed by atoms with Gasteiger partial charge >= 0.3 is 0 Å². The number of methoxy groups -OCH3 is 2. The molecule has 0 spiro atoms. The first-order valence-electron chi connectivity index (χ1n) is 9.47. The van der Waals surface area contributed by atoms with Crippen LogP contribution in [0.2, 0.25) is 0 Å². The molecule has 0 heterocycles. The molecule has 0 radical (unpaired) electrons. The lowest BCUT2D eigenvalue weighted by Gasteiger charge is -2.10. The lowest BCUT2D eigenvalue weighted by Crippen LogP contribution is -2.09. The Morgan fingerprint density at radius 1 is 0.931 bits per heavy atom. The number of Topliss-reactive ketones (excluding diaryl/α,β-unsaturated/α-hetero) is 1.